The van der Waals surface area contributed by atoms with Gasteiger partial charge in [-0.05, 0) is 17.7 Å². The Labute approximate surface area is 93.2 Å². The number of benzene rings is 1. The minimum absolute atomic E-state index is 0.432. The van der Waals surface area contributed by atoms with Crippen molar-refractivity contribution in [1.29, 1.82) is 0 Å². The van der Waals surface area contributed by atoms with Crippen LogP contribution in [0.4, 0.5) is 5.82 Å². The monoisotopic (exact) mass is 219 g/mol. The van der Waals surface area contributed by atoms with Crippen LogP contribution >= 0.6 is 0 Å². The first-order valence-electron chi connectivity index (χ1n) is 4.84. The van der Waals surface area contributed by atoms with E-state index in [0.29, 0.717) is 18.3 Å². The SMILES string of the molecule is COc1cccc(COc2cc(N)[nH]n2)c1. The second-order valence-corrected chi connectivity index (χ2v) is 3.30. The fourth-order valence-electron chi connectivity index (χ4n) is 1.31. The van der Waals surface area contributed by atoms with Crippen molar-refractivity contribution in [1.82, 2.24) is 10.2 Å². The van der Waals surface area contributed by atoms with Crippen LogP contribution in [0.15, 0.2) is 30.3 Å². The van der Waals surface area contributed by atoms with Crippen molar-refractivity contribution in [2.24, 2.45) is 0 Å². The molecule has 2 rings (SSSR count). The Hall–Kier alpha value is -2.17. The third kappa shape index (κ3) is 2.44. The summed E-state index contributed by atoms with van der Waals surface area (Å²) in [5, 5.41) is 6.48. The van der Waals surface area contributed by atoms with Crippen LogP contribution < -0.4 is 15.2 Å². The summed E-state index contributed by atoms with van der Waals surface area (Å²) in [5.41, 5.74) is 6.49. The molecule has 0 radical (unpaired) electrons. The topological polar surface area (TPSA) is 73.2 Å². The number of nitrogens with two attached hydrogens (primary N) is 1. The van der Waals surface area contributed by atoms with Gasteiger partial charge >= 0.3 is 0 Å². The van der Waals surface area contributed by atoms with Crippen molar-refractivity contribution >= 4 is 5.82 Å². The number of aromatic amines is 1. The quantitative estimate of drug-likeness (QED) is 0.818. The number of nitrogens with one attached hydrogen (secondary N) is 1. The molecule has 0 aliphatic heterocycles. The zero-order valence-corrected chi connectivity index (χ0v) is 8.93. The molecule has 84 valence electrons. The van der Waals surface area contributed by atoms with Crippen molar-refractivity contribution < 1.29 is 9.47 Å². The third-order valence-electron chi connectivity index (χ3n) is 2.10. The van der Waals surface area contributed by atoms with E-state index in [9.17, 15) is 0 Å². The number of H-pyrrole nitrogens is 1. The van der Waals surface area contributed by atoms with E-state index in [1.54, 1.807) is 13.2 Å². The summed E-state index contributed by atoms with van der Waals surface area (Å²) in [7, 11) is 1.63. The van der Waals surface area contributed by atoms with Crippen molar-refractivity contribution in [3.63, 3.8) is 0 Å². The average Bonchev–Trinajstić information content (AvgIpc) is 2.73. The Bertz CT molecular complexity index is 468. The molecule has 2 aromatic rings. The van der Waals surface area contributed by atoms with Gasteiger partial charge in [0.1, 0.15) is 18.2 Å². The van der Waals surface area contributed by atoms with E-state index in [0.717, 1.165) is 11.3 Å². The predicted molar refractivity (Wildman–Crippen MR) is 60.3 cm³/mol. The molecule has 0 fully saturated rings. The predicted octanol–water partition coefficient (Wildman–Crippen LogP) is 1.58. The maximum atomic E-state index is 5.48. The smallest absolute Gasteiger partial charge is 0.235 e. The molecule has 0 saturated heterocycles. The number of hydrogen-bond acceptors (Lipinski definition) is 4. The molecule has 0 saturated carbocycles. The zero-order chi connectivity index (χ0) is 11.4. The van der Waals surface area contributed by atoms with Crippen LogP contribution in [0.1, 0.15) is 5.56 Å². The molecule has 1 heterocycles. The maximum absolute atomic E-state index is 5.48. The number of rotatable bonds is 4. The number of nitrogens with zero attached hydrogens (tertiary/aromatic N) is 1. The second kappa shape index (κ2) is 4.57. The van der Waals surface area contributed by atoms with Gasteiger partial charge in [-0.1, -0.05) is 12.1 Å². The summed E-state index contributed by atoms with van der Waals surface area (Å²) in [5.74, 6) is 1.78. The van der Waals surface area contributed by atoms with Crippen molar-refractivity contribution in [3.05, 3.63) is 35.9 Å². The lowest BCUT2D eigenvalue weighted by Crippen LogP contribution is -1.96. The van der Waals surface area contributed by atoms with Crippen LogP contribution in [0.3, 0.4) is 0 Å². The van der Waals surface area contributed by atoms with Gasteiger partial charge in [0.05, 0.1) is 7.11 Å². The highest BCUT2D eigenvalue weighted by atomic mass is 16.5. The average molecular weight is 219 g/mol. The van der Waals surface area contributed by atoms with Gasteiger partial charge in [0.25, 0.3) is 0 Å². The van der Waals surface area contributed by atoms with E-state index in [2.05, 4.69) is 10.2 Å². The van der Waals surface area contributed by atoms with E-state index < -0.39 is 0 Å². The first-order chi connectivity index (χ1) is 7.78. The highest BCUT2D eigenvalue weighted by molar-refractivity contribution is 5.32. The van der Waals surface area contributed by atoms with Crippen LogP contribution in [-0.4, -0.2) is 17.3 Å². The van der Waals surface area contributed by atoms with Crippen LogP contribution in [0.2, 0.25) is 0 Å². The standard InChI is InChI=1S/C11H13N3O2/c1-15-9-4-2-3-8(5-9)7-16-11-6-10(12)13-14-11/h2-6H,7H2,1H3,(H3,12,13,14). The molecule has 0 atom stereocenters. The van der Waals surface area contributed by atoms with Crippen LogP contribution in [0, 0.1) is 0 Å². The highest BCUT2D eigenvalue weighted by Crippen LogP contribution is 2.15. The summed E-state index contributed by atoms with van der Waals surface area (Å²) >= 11 is 0. The van der Waals surface area contributed by atoms with E-state index in [-0.39, 0.29) is 0 Å². The Morgan fingerprint density at radius 2 is 2.25 bits per heavy atom. The molecule has 0 amide bonds. The fraction of sp³-hybridized carbons (Fsp3) is 0.182. The highest BCUT2D eigenvalue weighted by Gasteiger charge is 2.00. The molecule has 3 N–H and O–H groups in total. The maximum Gasteiger partial charge on any atom is 0.235 e. The van der Waals surface area contributed by atoms with E-state index >= 15 is 0 Å². The minimum atomic E-state index is 0.432. The van der Waals surface area contributed by atoms with Gasteiger partial charge in [0, 0.05) is 6.07 Å². The number of nitrogen functional groups attached to an aromatic ring is 1. The van der Waals surface area contributed by atoms with Gasteiger partial charge in [-0.15, -0.1) is 5.10 Å². The molecular weight excluding hydrogens is 206 g/mol. The molecule has 0 bridgehead atoms. The lowest BCUT2D eigenvalue weighted by molar-refractivity contribution is 0.292. The lowest BCUT2D eigenvalue weighted by Gasteiger charge is -2.04. The van der Waals surface area contributed by atoms with Gasteiger partial charge in [-0.2, -0.15) is 0 Å². The molecule has 0 spiro atoms. The largest absolute Gasteiger partial charge is 0.497 e. The Balaban J connectivity index is 1.99. The van der Waals surface area contributed by atoms with Crippen LogP contribution in [0.5, 0.6) is 11.6 Å². The summed E-state index contributed by atoms with van der Waals surface area (Å²) in [6, 6.07) is 9.31. The molecule has 5 nitrogen and oxygen atoms in total. The van der Waals surface area contributed by atoms with Gasteiger partial charge in [-0.25, -0.2) is 0 Å². The molecule has 16 heavy (non-hydrogen) atoms. The van der Waals surface area contributed by atoms with E-state index in [1.807, 2.05) is 24.3 Å². The van der Waals surface area contributed by atoms with Gasteiger partial charge in [-0.3, -0.25) is 5.10 Å². The molecule has 1 aromatic heterocycles. The van der Waals surface area contributed by atoms with Crippen molar-refractivity contribution in [2.75, 3.05) is 12.8 Å². The van der Waals surface area contributed by atoms with Crippen LogP contribution in [0.25, 0.3) is 0 Å². The summed E-state index contributed by atoms with van der Waals surface area (Å²) in [4.78, 5) is 0. The first-order valence-corrected chi connectivity index (χ1v) is 4.84. The number of aromatic nitrogens is 2. The van der Waals surface area contributed by atoms with Gasteiger partial charge < -0.3 is 15.2 Å². The van der Waals surface area contributed by atoms with Crippen molar-refractivity contribution in [2.45, 2.75) is 6.61 Å². The lowest BCUT2D eigenvalue weighted by atomic mass is 10.2. The zero-order valence-electron chi connectivity index (χ0n) is 8.93. The normalized spacial score (nSPS) is 10.1. The molecule has 1 aromatic carbocycles. The Kier molecular flexibility index (Phi) is 2.95. The second-order valence-electron chi connectivity index (χ2n) is 3.30. The fourth-order valence-corrected chi connectivity index (χ4v) is 1.31. The number of ether oxygens (including phenoxy) is 2. The summed E-state index contributed by atoms with van der Waals surface area (Å²) < 4.78 is 10.5. The third-order valence-corrected chi connectivity index (χ3v) is 2.10. The molecular formula is C11H13N3O2. The molecule has 0 aliphatic rings. The number of anilines is 1. The molecule has 5 heteroatoms. The summed E-state index contributed by atoms with van der Waals surface area (Å²) in [6.07, 6.45) is 0. The van der Waals surface area contributed by atoms with Crippen LogP contribution in [-0.2, 0) is 6.61 Å². The van der Waals surface area contributed by atoms with E-state index in [4.69, 9.17) is 15.2 Å². The Morgan fingerprint density at radius 3 is 2.94 bits per heavy atom. The van der Waals surface area contributed by atoms with Crippen molar-refractivity contribution in [3.8, 4) is 11.6 Å². The number of methoxy groups -OCH3 is 1. The van der Waals surface area contributed by atoms with Gasteiger partial charge in [0.15, 0.2) is 0 Å². The van der Waals surface area contributed by atoms with E-state index in [1.165, 1.54) is 0 Å². The minimum Gasteiger partial charge on any atom is -0.497 e. The van der Waals surface area contributed by atoms with Gasteiger partial charge in [0.2, 0.25) is 5.88 Å². The summed E-state index contributed by atoms with van der Waals surface area (Å²) in [6.45, 7) is 0.432. The molecule has 0 aliphatic carbocycles. The Morgan fingerprint density at radius 1 is 1.38 bits per heavy atom. The molecule has 0 unspecified atom stereocenters. The first kappa shape index (κ1) is 10.4. The number of hydrogen-bond donors (Lipinski definition) is 2.